The fourth-order valence-electron chi connectivity index (χ4n) is 3.84. The van der Waals surface area contributed by atoms with E-state index in [1.165, 1.54) is 11.3 Å². The molecule has 1 saturated heterocycles. The summed E-state index contributed by atoms with van der Waals surface area (Å²) in [6, 6.07) is 2.22. The molecule has 7 nitrogen and oxygen atoms in total. The predicted octanol–water partition coefficient (Wildman–Crippen LogP) is 1.87. The molecule has 0 saturated carbocycles. The number of carbonyl (C=O) groups excluding carboxylic acids is 3. The minimum Gasteiger partial charge on any atom is -0.315 e. The number of amides is 3. The molecule has 0 spiro atoms. The number of hydrogen-bond acceptors (Lipinski definition) is 6. The molecule has 0 aromatic carbocycles. The summed E-state index contributed by atoms with van der Waals surface area (Å²) in [5, 5.41) is 16.4. The minimum atomic E-state index is -0.464. The Balaban J connectivity index is 1.87. The van der Waals surface area contributed by atoms with E-state index in [0.29, 0.717) is 17.0 Å². The van der Waals surface area contributed by atoms with E-state index in [2.05, 4.69) is 44.4 Å². The quantitative estimate of drug-likeness (QED) is 0.786. The number of hydrogen-bond donors (Lipinski definition) is 2. The van der Waals surface area contributed by atoms with Crippen molar-refractivity contribution in [2.45, 2.75) is 58.0 Å². The smallest absolute Gasteiger partial charge is 0.245 e. The Kier molecular flexibility index (Phi) is 4.41. The lowest BCUT2D eigenvalue weighted by Gasteiger charge is -2.42. The zero-order chi connectivity index (χ0) is 19.3. The summed E-state index contributed by atoms with van der Waals surface area (Å²) in [6.45, 7) is 7.96. The number of nitrogens with zero attached hydrogens (tertiary/aromatic N) is 2. The van der Waals surface area contributed by atoms with Gasteiger partial charge >= 0.3 is 0 Å². The van der Waals surface area contributed by atoms with E-state index in [1.807, 2.05) is 0 Å². The van der Waals surface area contributed by atoms with Gasteiger partial charge in [0.05, 0.1) is 5.56 Å². The first kappa shape index (κ1) is 18.5. The molecule has 2 aliphatic rings. The molecule has 138 valence electrons. The Morgan fingerprint density at radius 1 is 1.27 bits per heavy atom. The molecule has 0 bridgehead atoms. The fraction of sp³-hybridized carbons (Fsp3) is 0.556. The van der Waals surface area contributed by atoms with Gasteiger partial charge in [0, 0.05) is 28.8 Å². The minimum absolute atomic E-state index is 0.151. The van der Waals surface area contributed by atoms with Crippen LogP contribution < -0.4 is 10.6 Å². The summed E-state index contributed by atoms with van der Waals surface area (Å²) >= 11 is 1.38. The van der Waals surface area contributed by atoms with Crippen LogP contribution in [0.3, 0.4) is 0 Å². The average molecular weight is 374 g/mol. The molecule has 0 atom stereocenters. The number of anilines is 1. The molecule has 8 heteroatoms. The number of thiophene rings is 1. The zero-order valence-electron chi connectivity index (χ0n) is 15.4. The Bertz CT molecular complexity index is 831. The highest BCUT2D eigenvalue weighted by Gasteiger charge is 2.40. The molecular formula is C18H22N4O3S. The lowest BCUT2D eigenvalue weighted by atomic mass is 9.81. The van der Waals surface area contributed by atoms with Crippen molar-refractivity contribution >= 4 is 34.1 Å². The van der Waals surface area contributed by atoms with Crippen molar-refractivity contribution in [2.24, 2.45) is 0 Å². The summed E-state index contributed by atoms with van der Waals surface area (Å²) in [4.78, 5) is 37.7. The maximum Gasteiger partial charge on any atom is 0.245 e. The monoisotopic (exact) mass is 374 g/mol. The molecule has 3 heterocycles. The van der Waals surface area contributed by atoms with Crippen LogP contribution in [0.4, 0.5) is 5.00 Å². The number of carbonyl (C=O) groups is 3. The molecule has 3 amide bonds. The second kappa shape index (κ2) is 6.18. The third kappa shape index (κ3) is 3.24. The lowest BCUT2D eigenvalue weighted by molar-refractivity contribution is -0.141. The van der Waals surface area contributed by atoms with Crippen LogP contribution in [0.5, 0.6) is 0 Å². The molecule has 0 radical (unpaired) electrons. The van der Waals surface area contributed by atoms with Gasteiger partial charge in [0.25, 0.3) is 0 Å². The third-order valence-electron chi connectivity index (χ3n) is 4.67. The number of fused-ring (bicyclic) bond motifs is 1. The van der Waals surface area contributed by atoms with Crippen molar-refractivity contribution in [2.75, 3.05) is 11.9 Å². The second-order valence-electron chi connectivity index (χ2n) is 7.96. The van der Waals surface area contributed by atoms with Crippen molar-refractivity contribution in [1.82, 2.24) is 10.2 Å². The fourth-order valence-corrected chi connectivity index (χ4v) is 5.09. The molecule has 1 aromatic rings. The number of likely N-dealkylation sites (tertiary alicyclic amines) is 1. The molecular weight excluding hydrogens is 352 g/mol. The highest BCUT2D eigenvalue weighted by atomic mass is 32.1. The van der Waals surface area contributed by atoms with Crippen LogP contribution >= 0.6 is 11.3 Å². The Hall–Kier alpha value is -2.24. The lowest BCUT2D eigenvalue weighted by Crippen LogP contribution is -2.54. The van der Waals surface area contributed by atoms with E-state index in [9.17, 15) is 19.6 Å². The highest BCUT2D eigenvalue weighted by Crippen LogP contribution is 2.44. The first-order chi connectivity index (χ1) is 12.0. The SMILES string of the molecule is CC1(C)Cc2c(sc(NC(=O)CN3C(=O)CCC3=O)c2C#N)C(C)(C)N1. The summed E-state index contributed by atoms with van der Waals surface area (Å²) in [5.74, 6) is -1.12. The number of nitrogens with one attached hydrogen (secondary N) is 2. The van der Waals surface area contributed by atoms with Crippen LogP contribution in [0.1, 0.15) is 56.5 Å². The topological polar surface area (TPSA) is 102 Å². The van der Waals surface area contributed by atoms with Gasteiger partial charge in [-0.1, -0.05) is 0 Å². The van der Waals surface area contributed by atoms with Crippen molar-refractivity contribution in [3.05, 3.63) is 16.0 Å². The van der Waals surface area contributed by atoms with E-state index in [0.717, 1.165) is 15.3 Å². The van der Waals surface area contributed by atoms with Crippen LogP contribution in [-0.4, -0.2) is 34.7 Å². The summed E-state index contributed by atoms with van der Waals surface area (Å²) < 4.78 is 0. The van der Waals surface area contributed by atoms with E-state index >= 15 is 0 Å². The third-order valence-corrected chi connectivity index (χ3v) is 6.14. The second-order valence-corrected chi connectivity index (χ2v) is 8.98. The first-order valence-electron chi connectivity index (χ1n) is 8.53. The van der Waals surface area contributed by atoms with Crippen molar-refractivity contribution < 1.29 is 14.4 Å². The molecule has 2 N–H and O–H groups in total. The Morgan fingerprint density at radius 3 is 2.46 bits per heavy atom. The molecule has 1 fully saturated rings. The predicted molar refractivity (Wildman–Crippen MR) is 97.6 cm³/mol. The number of nitriles is 1. The van der Waals surface area contributed by atoms with Gasteiger partial charge in [0.15, 0.2) is 0 Å². The van der Waals surface area contributed by atoms with Gasteiger partial charge in [-0.05, 0) is 39.7 Å². The van der Waals surface area contributed by atoms with Crippen LogP contribution in [0, 0.1) is 11.3 Å². The molecule has 2 aliphatic heterocycles. The van der Waals surface area contributed by atoms with Crippen molar-refractivity contribution in [3.8, 4) is 6.07 Å². The van der Waals surface area contributed by atoms with Gasteiger partial charge in [-0.3, -0.25) is 19.3 Å². The van der Waals surface area contributed by atoms with Crippen LogP contribution in [0.15, 0.2) is 0 Å². The summed E-state index contributed by atoms with van der Waals surface area (Å²) in [6.07, 6.45) is 0.986. The summed E-state index contributed by atoms with van der Waals surface area (Å²) in [5.41, 5.74) is 0.936. The van der Waals surface area contributed by atoms with Gasteiger partial charge in [0.1, 0.15) is 17.6 Å². The van der Waals surface area contributed by atoms with Crippen LogP contribution in [0.25, 0.3) is 0 Å². The molecule has 3 rings (SSSR count). The zero-order valence-corrected chi connectivity index (χ0v) is 16.2. The molecule has 1 aromatic heterocycles. The maximum absolute atomic E-state index is 12.4. The molecule has 0 aliphatic carbocycles. The maximum atomic E-state index is 12.4. The standard InChI is InChI=1S/C18H22N4O3S/c1-17(2)7-10-11(8-19)16(26-15(10)18(3,4)21-17)20-12(23)9-22-13(24)5-6-14(22)25/h21H,5-7,9H2,1-4H3,(H,20,23). The van der Waals surface area contributed by atoms with Gasteiger partial charge in [-0.2, -0.15) is 5.26 Å². The van der Waals surface area contributed by atoms with Crippen molar-refractivity contribution in [1.29, 1.82) is 5.26 Å². The van der Waals surface area contributed by atoms with Gasteiger partial charge in [-0.25, -0.2) is 0 Å². The van der Waals surface area contributed by atoms with E-state index in [4.69, 9.17) is 0 Å². The summed E-state index contributed by atoms with van der Waals surface area (Å²) in [7, 11) is 0. The van der Waals surface area contributed by atoms with Gasteiger partial charge < -0.3 is 10.6 Å². The highest BCUT2D eigenvalue weighted by molar-refractivity contribution is 7.17. The number of imide groups is 1. The van der Waals surface area contributed by atoms with E-state index in [-0.39, 0.29) is 42.3 Å². The molecule has 0 unspecified atom stereocenters. The Labute approximate surface area is 156 Å². The van der Waals surface area contributed by atoms with Crippen LogP contribution in [-0.2, 0) is 26.3 Å². The first-order valence-corrected chi connectivity index (χ1v) is 9.34. The van der Waals surface area contributed by atoms with Gasteiger partial charge in [-0.15, -0.1) is 11.3 Å². The van der Waals surface area contributed by atoms with E-state index < -0.39 is 5.91 Å². The van der Waals surface area contributed by atoms with Crippen LogP contribution in [0.2, 0.25) is 0 Å². The Morgan fingerprint density at radius 2 is 1.88 bits per heavy atom. The van der Waals surface area contributed by atoms with Gasteiger partial charge in [0.2, 0.25) is 17.7 Å². The largest absolute Gasteiger partial charge is 0.315 e. The van der Waals surface area contributed by atoms with E-state index in [1.54, 1.807) is 0 Å². The number of rotatable bonds is 3. The average Bonchev–Trinajstić information content (AvgIpc) is 3.00. The normalized spacial score (nSPS) is 20.7. The molecule has 26 heavy (non-hydrogen) atoms. The van der Waals surface area contributed by atoms with Crippen molar-refractivity contribution in [3.63, 3.8) is 0 Å².